The first-order chi connectivity index (χ1) is 11.4. The van der Waals surface area contributed by atoms with Gasteiger partial charge in [0.2, 0.25) is 0 Å². The number of benzene rings is 2. The van der Waals surface area contributed by atoms with E-state index in [9.17, 15) is 15.3 Å². The van der Waals surface area contributed by atoms with Gasteiger partial charge in [0, 0.05) is 17.0 Å². The molecule has 0 aliphatic carbocycles. The minimum atomic E-state index is -0.899. The third-order valence-electron chi connectivity index (χ3n) is 4.38. The Hall–Kier alpha value is -1.59. The number of hydrogen-bond donors (Lipinski definition) is 3. The normalized spacial score (nSPS) is 25.4. The van der Waals surface area contributed by atoms with Crippen molar-refractivity contribution in [2.75, 3.05) is 0 Å². The van der Waals surface area contributed by atoms with Crippen molar-refractivity contribution < 1.29 is 20.1 Å². The Morgan fingerprint density at radius 2 is 1.83 bits per heavy atom. The number of ether oxygens (including phenoxy) is 1. The number of aliphatic hydroxyl groups excluding tert-OH is 2. The average Bonchev–Trinajstić information content (AvgIpc) is 2.54. The summed E-state index contributed by atoms with van der Waals surface area (Å²) in [5, 5.41) is 30.4. The highest BCUT2D eigenvalue weighted by Crippen LogP contribution is 2.36. The number of aromatic hydroxyl groups is 1. The summed E-state index contributed by atoms with van der Waals surface area (Å²) in [6.07, 6.45) is -0.357. The highest BCUT2D eigenvalue weighted by Gasteiger charge is 2.28. The maximum Gasteiger partial charge on any atom is 0.115 e. The van der Waals surface area contributed by atoms with Crippen molar-refractivity contribution in [1.82, 2.24) is 0 Å². The van der Waals surface area contributed by atoms with Crippen LogP contribution >= 0.6 is 11.6 Å². The van der Waals surface area contributed by atoms with E-state index in [1.165, 1.54) is 12.1 Å². The second kappa shape index (κ2) is 7.11. The van der Waals surface area contributed by atoms with Crippen LogP contribution in [0.2, 0.25) is 5.02 Å². The Labute approximate surface area is 146 Å². The van der Waals surface area contributed by atoms with Crippen LogP contribution < -0.4 is 0 Å². The van der Waals surface area contributed by atoms with Crippen LogP contribution in [0.3, 0.4) is 0 Å². The molecular weight excluding hydrogens is 328 g/mol. The molecule has 0 amide bonds. The zero-order valence-corrected chi connectivity index (χ0v) is 14.1. The number of phenols is 1. The molecule has 0 bridgehead atoms. The SMILES string of the molecule is CC1CC(O)CC(c2ccc(Cl)c(C(O)c3ccc(O)cc3)c2)O1. The molecule has 1 saturated heterocycles. The lowest BCUT2D eigenvalue weighted by atomic mass is 9.93. The van der Waals surface area contributed by atoms with E-state index in [-0.39, 0.29) is 24.1 Å². The molecule has 1 aliphatic rings. The fourth-order valence-electron chi connectivity index (χ4n) is 3.14. The average molecular weight is 349 g/mol. The van der Waals surface area contributed by atoms with Gasteiger partial charge in [-0.3, -0.25) is 0 Å². The molecule has 4 unspecified atom stereocenters. The molecule has 3 N–H and O–H groups in total. The Balaban J connectivity index is 1.90. The van der Waals surface area contributed by atoms with Crippen molar-refractivity contribution in [3.63, 3.8) is 0 Å². The van der Waals surface area contributed by atoms with E-state index in [0.717, 1.165) is 5.56 Å². The van der Waals surface area contributed by atoms with Crippen molar-refractivity contribution >= 4 is 11.6 Å². The molecule has 1 fully saturated rings. The quantitative estimate of drug-likeness (QED) is 0.790. The Bertz CT molecular complexity index is 691. The summed E-state index contributed by atoms with van der Waals surface area (Å²) in [5.74, 6) is 0.143. The summed E-state index contributed by atoms with van der Waals surface area (Å²) in [6, 6.07) is 11.8. The second-order valence-corrected chi connectivity index (χ2v) is 6.74. The van der Waals surface area contributed by atoms with Gasteiger partial charge in [0.25, 0.3) is 0 Å². The monoisotopic (exact) mass is 348 g/mol. The van der Waals surface area contributed by atoms with Crippen LogP contribution in [0, 0.1) is 0 Å². The van der Waals surface area contributed by atoms with Crippen molar-refractivity contribution in [1.29, 1.82) is 0 Å². The van der Waals surface area contributed by atoms with Gasteiger partial charge >= 0.3 is 0 Å². The van der Waals surface area contributed by atoms with Crippen molar-refractivity contribution in [2.24, 2.45) is 0 Å². The Morgan fingerprint density at radius 3 is 2.50 bits per heavy atom. The molecule has 128 valence electrons. The molecule has 1 aliphatic heterocycles. The van der Waals surface area contributed by atoms with E-state index < -0.39 is 6.10 Å². The van der Waals surface area contributed by atoms with Crippen LogP contribution in [0.4, 0.5) is 0 Å². The van der Waals surface area contributed by atoms with E-state index in [0.29, 0.717) is 29.0 Å². The van der Waals surface area contributed by atoms with Gasteiger partial charge in [0.1, 0.15) is 11.9 Å². The molecule has 2 aromatic rings. The minimum Gasteiger partial charge on any atom is -0.508 e. The first-order valence-corrected chi connectivity index (χ1v) is 8.41. The van der Waals surface area contributed by atoms with Crippen molar-refractivity contribution in [3.05, 3.63) is 64.2 Å². The predicted molar refractivity (Wildman–Crippen MR) is 92.1 cm³/mol. The first kappa shape index (κ1) is 17.2. The number of phenolic OH excluding ortho intramolecular Hbond substituents is 1. The van der Waals surface area contributed by atoms with Gasteiger partial charge in [-0.25, -0.2) is 0 Å². The Kier molecular flexibility index (Phi) is 5.11. The van der Waals surface area contributed by atoms with Gasteiger partial charge < -0.3 is 20.1 Å². The van der Waals surface area contributed by atoms with E-state index in [2.05, 4.69) is 0 Å². The summed E-state index contributed by atoms with van der Waals surface area (Å²) in [7, 11) is 0. The second-order valence-electron chi connectivity index (χ2n) is 6.34. The van der Waals surface area contributed by atoms with E-state index >= 15 is 0 Å². The van der Waals surface area contributed by atoms with Crippen molar-refractivity contribution in [3.8, 4) is 5.75 Å². The van der Waals surface area contributed by atoms with Crippen LogP contribution in [0.15, 0.2) is 42.5 Å². The molecule has 4 atom stereocenters. The highest BCUT2D eigenvalue weighted by molar-refractivity contribution is 6.31. The van der Waals surface area contributed by atoms with Crippen LogP contribution in [0.5, 0.6) is 5.75 Å². The van der Waals surface area contributed by atoms with E-state index in [4.69, 9.17) is 16.3 Å². The topological polar surface area (TPSA) is 69.9 Å². The van der Waals surface area contributed by atoms with Gasteiger partial charge in [0.05, 0.1) is 18.3 Å². The smallest absolute Gasteiger partial charge is 0.115 e. The molecule has 3 rings (SSSR count). The van der Waals surface area contributed by atoms with Crippen LogP contribution in [-0.4, -0.2) is 27.5 Å². The summed E-state index contributed by atoms with van der Waals surface area (Å²) in [6.45, 7) is 1.94. The largest absolute Gasteiger partial charge is 0.508 e. The molecule has 2 aromatic carbocycles. The molecule has 4 nitrogen and oxygen atoms in total. The first-order valence-electron chi connectivity index (χ1n) is 8.04. The molecule has 1 heterocycles. The molecule has 0 saturated carbocycles. The van der Waals surface area contributed by atoms with E-state index in [1.54, 1.807) is 18.2 Å². The van der Waals surface area contributed by atoms with Gasteiger partial charge in [-0.15, -0.1) is 0 Å². The molecule has 24 heavy (non-hydrogen) atoms. The lowest BCUT2D eigenvalue weighted by molar-refractivity contribution is -0.0895. The Morgan fingerprint density at radius 1 is 1.12 bits per heavy atom. The maximum atomic E-state index is 10.6. The van der Waals surface area contributed by atoms with Gasteiger partial charge in [-0.1, -0.05) is 29.8 Å². The number of hydrogen-bond acceptors (Lipinski definition) is 4. The molecule has 0 aromatic heterocycles. The summed E-state index contributed by atoms with van der Waals surface area (Å²) in [5.41, 5.74) is 2.11. The lowest BCUT2D eigenvalue weighted by Gasteiger charge is -2.32. The fraction of sp³-hybridized carbons (Fsp3) is 0.368. The van der Waals surface area contributed by atoms with Crippen LogP contribution in [0.25, 0.3) is 0 Å². The standard InChI is InChI=1S/C19H21ClO4/c1-11-8-15(22)10-18(24-11)13-4-7-17(20)16(9-13)19(23)12-2-5-14(21)6-3-12/h2-7,9,11,15,18-19,21-23H,8,10H2,1H3. The number of halogens is 1. The predicted octanol–water partition coefficient (Wildman–Crippen LogP) is 3.73. The third-order valence-corrected chi connectivity index (χ3v) is 4.73. The highest BCUT2D eigenvalue weighted by atomic mass is 35.5. The molecular formula is C19H21ClO4. The minimum absolute atomic E-state index is 0.0140. The van der Waals surface area contributed by atoms with E-state index in [1.807, 2.05) is 19.1 Å². The molecule has 5 heteroatoms. The fourth-order valence-corrected chi connectivity index (χ4v) is 3.36. The van der Waals surface area contributed by atoms with Crippen LogP contribution in [-0.2, 0) is 4.74 Å². The van der Waals surface area contributed by atoms with Gasteiger partial charge in [-0.05, 0) is 48.7 Å². The number of rotatable bonds is 3. The lowest BCUT2D eigenvalue weighted by Crippen LogP contribution is -2.29. The zero-order chi connectivity index (χ0) is 17.3. The summed E-state index contributed by atoms with van der Waals surface area (Å²) < 4.78 is 5.92. The molecule has 0 radical (unpaired) electrons. The van der Waals surface area contributed by atoms with Crippen LogP contribution in [0.1, 0.15) is 48.7 Å². The number of aliphatic hydroxyl groups is 2. The van der Waals surface area contributed by atoms with Crippen molar-refractivity contribution in [2.45, 2.75) is 44.2 Å². The summed E-state index contributed by atoms with van der Waals surface area (Å²) >= 11 is 6.27. The molecule has 0 spiro atoms. The van der Waals surface area contributed by atoms with Gasteiger partial charge in [-0.2, -0.15) is 0 Å². The van der Waals surface area contributed by atoms with Gasteiger partial charge in [0.15, 0.2) is 0 Å². The summed E-state index contributed by atoms with van der Waals surface area (Å²) in [4.78, 5) is 0. The zero-order valence-electron chi connectivity index (χ0n) is 13.4. The third kappa shape index (κ3) is 3.73. The maximum absolute atomic E-state index is 10.6.